The van der Waals surface area contributed by atoms with Gasteiger partial charge in [0.2, 0.25) is 0 Å². The summed E-state index contributed by atoms with van der Waals surface area (Å²) in [7, 11) is 0. The predicted molar refractivity (Wildman–Crippen MR) is 65.4 cm³/mol. The molecule has 1 aliphatic heterocycles. The van der Waals surface area contributed by atoms with Crippen LogP contribution in [0.3, 0.4) is 0 Å². The lowest BCUT2D eigenvalue weighted by Gasteiger charge is -2.22. The Morgan fingerprint density at radius 2 is 2.29 bits per heavy atom. The number of anilines is 1. The van der Waals surface area contributed by atoms with E-state index >= 15 is 0 Å². The highest BCUT2D eigenvalue weighted by Crippen LogP contribution is 2.18. The second kappa shape index (κ2) is 5.27. The first kappa shape index (κ1) is 12.0. The molecule has 0 amide bonds. The monoisotopic (exact) mass is 236 g/mol. The van der Waals surface area contributed by atoms with Gasteiger partial charge in [-0.05, 0) is 37.6 Å². The maximum atomic E-state index is 12.9. The van der Waals surface area contributed by atoms with E-state index in [0.717, 1.165) is 19.4 Å². The summed E-state index contributed by atoms with van der Waals surface area (Å²) in [4.78, 5) is 12.0. The van der Waals surface area contributed by atoms with E-state index < -0.39 is 5.82 Å². The van der Waals surface area contributed by atoms with Crippen LogP contribution in [-0.4, -0.2) is 18.4 Å². The first-order chi connectivity index (χ1) is 8.16. The van der Waals surface area contributed by atoms with E-state index in [1.54, 1.807) is 0 Å². The van der Waals surface area contributed by atoms with Crippen molar-refractivity contribution in [3.05, 3.63) is 29.6 Å². The molecule has 1 aromatic carbocycles. The van der Waals surface area contributed by atoms with Gasteiger partial charge in [0.15, 0.2) is 5.78 Å². The Labute approximate surface area is 100 Å². The number of carbonyl (C=O) groups is 1. The zero-order valence-electron chi connectivity index (χ0n) is 9.71. The van der Waals surface area contributed by atoms with Gasteiger partial charge in [0.25, 0.3) is 0 Å². The van der Waals surface area contributed by atoms with Crippen molar-refractivity contribution in [1.29, 1.82) is 0 Å². The summed E-state index contributed by atoms with van der Waals surface area (Å²) in [6.07, 6.45) is 3.79. The van der Waals surface area contributed by atoms with Crippen LogP contribution in [0.1, 0.15) is 36.0 Å². The number of nitrogens with two attached hydrogens (primary N) is 1. The molecule has 0 aromatic heterocycles. The topological polar surface area (TPSA) is 55.1 Å². The van der Waals surface area contributed by atoms with E-state index in [9.17, 15) is 9.18 Å². The first-order valence-electron chi connectivity index (χ1n) is 5.98. The second-order valence-electron chi connectivity index (χ2n) is 4.51. The summed E-state index contributed by atoms with van der Waals surface area (Å²) >= 11 is 0. The van der Waals surface area contributed by atoms with Crippen molar-refractivity contribution < 1.29 is 9.18 Å². The van der Waals surface area contributed by atoms with Crippen molar-refractivity contribution in [2.75, 3.05) is 12.3 Å². The highest BCUT2D eigenvalue weighted by Gasteiger charge is 2.18. The zero-order valence-corrected chi connectivity index (χ0v) is 9.71. The molecule has 0 radical (unpaired) electrons. The molecule has 3 nitrogen and oxygen atoms in total. The Hall–Kier alpha value is -1.42. The van der Waals surface area contributed by atoms with Crippen molar-refractivity contribution in [2.45, 2.75) is 31.7 Å². The molecule has 1 unspecified atom stereocenters. The van der Waals surface area contributed by atoms with Crippen LogP contribution in [0, 0.1) is 5.82 Å². The van der Waals surface area contributed by atoms with Crippen LogP contribution in [-0.2, 0) is 0 Å². The first-order valence-corrected chi connectivity index (χ1v) is 5.98. The quantitative estimate of drug-likeness (QED) is 0.624. The molecule has 92 valence electrons. The number of Topliss-reactive ketones (excluding diaryl/α,β-unsaturated/α-hetero) is 1. The van der Waals surface area contributed by atoms with E-state index in [-0.39, 0.29) is 17.5 Å². The minimum absolute atomic E-state index is 0.0121. The maximum Gasteiger partial charge on any atom is 0.166 e. The fourth-order valence-electron chi connectivity index (χ4n) is 2.22. The van der Waals surface area contributed by atoms with Gasteiger partial charge in [0, 0.05) is 23.7 Å². The highest BCUT2D eigenvalue weighted by atomic mass is 19.1. The molecule has 1 atom stereocenters. The van der Waals surface area contributed by atoms with E-state index in [1.807, 2.05) is 0 Å². The number of hydrogen-bond acceptors (Lipinski definition) is 3. The van der Waals surface area contributed by atoms with Crippen molar-refractivity contribution >= 4 is 11.5 Å². The van der Waals surface area contributed by atoms with Gasteiger partial charge in [0.05, 0.1) is 0 Å². The molecular formula is C13H17FN2O. The van der Waals surface area contributed by atoms with Crippen LogP contribution in [0.15, 0.2) is 18.2 Å². The van der Waals surface area contributed by atoms with E-state index in [1.165, 1.54) is 24.6 Å². The third-order valence-corrected chi connectivity index (χ3v) is 3.16. The summed E-state index contributed by atoms with van der Waals surface area (Å²) in [5, 5.41) is 3.31. The molecule has 1 aliphatic rings. The van der Waals surface area contributed by atoms with Crippen molar-refractivity contribution in [2.24, 2.45) is 0 Å². The molecule has 0 saturated carbocycles. The summed E-state index contributed by atoms with van der Waals surface area (Å²) in [6, 6.07) is 4.18. The number of benzene rings is 1. The smallest absolute Gasteiger partial charge is 0.166 e. The summed E-state index contributed by atoms with van der Waals surface area (Å²) in [5.74, 6) is -0.420. The van der Waals surface area contributed by atoms with Crippen LogP contribution < -0.4 is 11.1 Å². The summed E-state index contributed by atoms with van der Waals surface area (Å²) in [5.41, 5.74) is 6.30. The molecular weight excluding hydrogens is 219 g/mol. The summed E-state index contributed by atoms with van der Waals surface area (Å²) < 4.78 is 12.9. The lowest BCUT2D eigenvalue weighted by molar-refractivity contribution is 0.0964. The van der Waals surface area contributed by atoms with Crippen molar-refractivity contribution in [3.8, 4) is 0 Å². The fourth-order valence-corrected chi connectivity index (χ4v) is 2.22. The van der Waals surface area contributed by atoms with E-state index in [2.05, 4.69) is 5.32 Å². The molecule has 0 bridgehead atoms. The van der Waals surface area contributed by atoms with E-state index in [4.69, 9.17) is 5.73 Å². The molecule has 0 aliphatic carbocycles. The molecule has 0 spiro atoms. The average molecular weight is 236 g/mol. The van der Waals surface area contributed by atoms with E-state index in [0.29, 0.717) is 12.0 Å². The maximum absolute atomic E-state index is 12.9. The third kappa shape index (κ3) is 3.03. The highest BCUT2D eigenvalue weighted by molar-refractivity contribution is 6.01. The molecule has 1 fully saturated rings. The Bertz CT molecular complexity index is 414. The summed E-state index contributed by atoms with van der Waals surface area (Å²) in [6.45, 7) is 0.969. The number of rotatable bonds is 3. The zero-order chi connectivity index (χ0) is 12.3. The Balaban J connectivity index is 2.03. The van der Waals surface area contributed by atoms with Gasteiger partial charge < -0.3 is 11.1 Å². The fraction of sp³-hybridized carbons (Fsp3) is 0.462. The number of nitrogen functional groups attached to an aromatic ring is 1. The second-order valence-corrected chi connectivity index (χ2v) is 4.51. The van der Waals surface area contributed by atoms with Crippen LogP contribution in [0.5, 0.6) is 0 Å². The SMILES string of the molecule is Nc1cc(F)ccc1C(=O)CC1CCCCN1. The minimum atomic E-state index is -0.408. The van der Waals surface area contributed by atoms with Gasteiger partial charge in [-0.1, -0.05) is 6.42 Å². The number of carbonyl (C=O) groups excluding carboxylic acids is 1. The Kier molecular flexibility index (Phi) is 3.74. The van der Waals surface area contributed by atoms with Gasteiger partial charge in [-0.3, -0.25) is 4.79 Å². The van der Waals surface area contributed by atoms with Crippen molar-refractivity contribution in [1.82, 2.24) is 5.32 Å². The van der Waals surface area contributed by atoms with Crippen LogP contribution in [0.25, 0.3) is 0 Å². The Morgan fingerprint density at radius 3 is 2.94 bits per heavy atom. The molecule has 1 heterocycles. The molecule has 1 aromatic rings. The van der Waals surface area contributed by atoms with Crippen molar-refractivity contribution in [3.63, 3.8) is 0 Å². The average Bonchev–Trinajstić information content (AvgIpc) is 2.30. The predicted octanol–water partition coefficient (Wildman–Crippen LogP) is 2.12. The lowest BCUT2D eigenvalue weighted by Crippen LogP contribution is -2.35. The number of halogens is 1. The standard InChI is InChI=1S/C13H17FN2O/c14-9-4-5-11(12(15)7-9)13(17)8-10-3-1-2-6-16-10/h4-5,7,10,16H,1-3,6,8,15H2. The van der Waals surface area contributed by atoms with Gasteiger partial charge in [0.1, 0.15) is 5.82 Å². The van der Waals surface area contributed by atoms with Gasteiger partial charge in [-0.15, -0.1) is 0 Å². The van der Waals surface area contributed by atoms with Gasteiger partial charge in [-0.25, -0.2) is 4.39 Å². The third-order valence-electron chi connectivity index (χ3n) is 3.16. The largest absolute Gasteiger partial charge is 0.398 e. The lowest BCUT2D eigenvalue weighted by atomic mass is 9.96. The molecule has 1 saturated heterocycles. The molecule has 4 heteroatoms. The number of ketones is 1. The normalized spacial score (nSPS) is 20.2. The van der Waals surface area contributed by atoms with Crippen LogP contribution in [0.2, 0.25) is 0 Å². The van der Waals surface area contributed by atoms with Gasteiger partial charge in [-0.2, -0.15) is 0 Å². The Morgan fingerprint density at radius 1 is 1.47 bits per heavy atom. The minimum Gasteiger partial charge on any atom is -0.398 e. The number of piperidine rings is 1. The molecule has 3 N–H and O–H groups in total. The molecule has 2 rings (SSSR count). The van der Waals surface area contributed by atoms with Gasteiger partial charge >= 0.3 is 0 Å². The molecule has 17 heavy (non-hydrogen) atoms. The number of nitrogens with one attached hydrogen (secondary N) is 1. The van der Waals surface area contributed by atoms with Crippen LogP contribution >= 0.6 is 0 Å². The van der Waals surface area contributed by atoms with Crippen LogP contribution in [0.4, 0.5) is 10.1 Å². The number of hydrogen-bond donors (Lipinski definition) is 2.